The van der Waals surface area contributed by atoms with Crippen LogP contribution in [0, 0.1) is 0 Å². The summed E-state index contributed by atoms with van der Waals surface area (Å²) in [6.07, 6.45) is 0.793. The van der Waals surface area contributed by atoms with Crippen molar-refractivity contribution in [1.82, 2.24) is 5.32 Å². The van der Waals surface area contributed by atoms with Crippen LogP contribution in [0.15, 0.2) is 16.5 Å². The molecule has 1 amide bonds. The highest BCUT2D eigenvalue weighted by molar-refractivity contribution is 5.91. The lowest BCUT2D eigenvalue weighted by Crippen LogP contribution is -2.35. The van der Waals surface area contributed by atoms with E-state index >= 15 is 0 Å². The van der Waals surface area contributed by atoms with Gasteiger partial charge in [-0.2, -0.15) is 0 Å². The van der Waals surface area contributed by atoms with Crippen molar-refractivity contribution in [3.05, 3.63) is 23.7 Å². The minimum atomic E-state index is -0.195. The molecule has 0 aliphatic heterocycles. The van der Waals surface area contributed by atoms with Gasteiger partial charge >= 0.3 is 0 Å². The second kappa shape index (κ2) is 5.56. The Balaban J connectivity index is 2.53. The monoisotopic (exact) mass is 211 g/mol. The number of furan rings is 1. The van der Waals surface area contributed by atoms with Crippen LogP contribution < -0.4 is 5.32 Å². The minimum absolute atomic E-state index is 0.0160. The summed E-state index contributed by atoms with van der Waals surface area (Å²) in [7, 11) is 1.60. The van der Waals surface area contributed by atoms with Gasteiger partial charge in [0.25, 0.3) is 5.91 Å². The van der Waals surface area contributed by atoms with Crippen molar-refractivity contribution in [3.63, 3.8) is 0 Å². The van der Waals surface area contributed by atoms with Crippen LogP contribution in [0.25, 0.3) is 0 Å². The average Bonchev–Trinajstić information content (AvgIpc) is 2.66. The third-order valence-electron chi connectivity index (χ3n) is 2.03. The molecule has 84 valence electrons. The number of hydrogen-bond donors (Lipinski definition) is 1. The third kappa shape index (κ3) is 3.40. The summed E-state index contributed by atoms with van der Waals surface area (Å²) in [6, 6.07) is 3.49. The number of nitrogens with one attached hydrogen (secondary N) is 1. The van der Waals surface area contributed by atoms with Gasteiger partial charge in [0, 0.05) is 19.6 Å². The van der Waals surface area contributed by atoms with Crippen LogP contribution in [0.5, 0.6) is 0 Å². The van der Waals surface area contributed by atoms with Crippen molar-refractivity contribution in [2.24, 2.45) is 0 Å². The molecule has 0 aromatic carbocycles. The molecule has 1 atom stereocenters. The van der Waals surface area contributed by atoms with E-state index in [9.17, 15) is 4.79 Å². The molecule has 0 bridgehead atoms. The Hall–Kier alpha value is -1.29. The number of hydrogen-bond acceptors (Lipinski definition) is 3. The molecule has 0 radical (unpaired) electrons. The van der Waals surface area contributed by atoms with E-state index in [1.165, 1.54) is 0 Å². The van der Waals surface area contributed by atoms with Gasteiger partial charge < -0.3 is 14.5 Å². The molecule has 0 aliphatic carbocycles. The summed E-state index contributed by atoms with van der Waals surface area (Å²) in [4.78, 5) is 11.6. The molecular formula is C11H17NO3. The Kier molecular flexibility index (Phi) is 4.37. The van der Waals surface area contributed by atoms with Gasteiger partial charge in [0.05, 0.1) is 6.61 Å². The number of aryl methyl sites for hydroxylation is 1. The van der Waals surface area contributed by atoms with Crippen molar-refractivity contribution in [3.8, 4) is 0 Å². The Bertz CT molecular complexity index is 319. The van der Waals surface area contributed by atoms with Crippen LogP contribution in [0.1, 0.15) is 30.2 Å². The normalized spacial score (nSPS) is 12.5. The summed E-state index contributed by atoms with van der Waals surface area (Å²) in [5, 5.41) is 2.78. The highest BCUT2D eigenvalue weighted by Gasteiger charge is 2.12. The predicted molar refractivity (Wildman–Crippen MR) is 56.9 cm³/mol. The van der Waals surface area contributed by atoms with E-state index in [1.54, 1.807) is 13.2 Å². The maximum absolute atomic E-state index is 11.6. The van der Waals surface area contributed by atoms with Crippen LogP contribution in [0.4, 0.5) is 0 Å². The van der Waals surface area contributed by atoms with Gasteiger partial charge in [0.2, 0.25) is 0 Å². The fraction of sp³-hybridized carbons (Fsp3) is 0.545. The average molecular weight is 211 g/mol. The van der Waals surface area contributed by atoms with Crippen molar-refractivity contribution >= 4 is 5.91 Å². The molecule has 4 heteroatoms. The second-order valence-corrected chi connectivity index (χ2v) is 3.45. The summed E-state index contributed by atoms with van der Waals surface area (Å²) in [5.74, 6) is 0.980. The van der Waals surface area contributed by atoms with Crippen LogP contribution in [0.3, 0.4) is 0 Å². The maximum atomic E-state index is 11.6. The molecule has 0 saturated heterocycles. The quantitative estimate of drug-likeness (QED) is 0.805. The van der Waals surface area contributed by atoms with Crippen molar-refractivity contribution < 1.29 is 13.9 Å². The summed E-state index contributed by atoms with van der Waals surface area (Å²) < 4.78 is 10.2. The van der Waals surface area contributed by atoms with Gasteiger partial charge in [0.15, 0.2) is 5.76 Å². The first kappa shape index (κ1) is 11.8. The molecular weight excluding hydrogens is 194 g/mol. The molecule has 0 aliphatic rings. The number of carbonyl (C=O) groups is 1. The van der Waals surface area contributed by atoms with Crippen LogP contribution in [-0.4, -0.2) is 25.7 Å². The van der Waals surface area contributed by atoms with Gasteiger partial charge in [-0.1, -0.05) is 6.92 Å². The number of ether oxygens (including phenoxy) is 1. The van der Waals surface area contributed by atoms with E-state index in [0.29, 0.717) is 12.4 Å². The molecule has 1 heterocycles. The second-order valence-electron chi connectivity index (χ2n) is 3.45. The molecule has 0 saturated carbocycles. The zero-order valence-electron chi connectivity index (χ0n) is 9.37. The van der Waals surface area contributed by atoms with Crippen molar-refractivity contribution in [2.75, 3.05) is 13.7 Å². The van der Waals surface area contributed by atoms with E-state index < -0.39 is 0 Å². The largest absolute Gasteiger partial charge is 0.456 e. The predicted octanol–water partition coefficient (Wildman–Crippen LogP) is 1.61. The Morgan fingerprint density at radius 2 is 2.33 bits per heavy atom. The molecule has 1 aromatic heterocycles. The smallest absolute Gasteiger partial charge is 0.287 e. The Labute approximate surface area is 89.6 Å². The highest BCUT2D eigenvalue weighted by Crippen LogP contribution is 2.08. The lowest BCUT2D eigenvalue weighted by Gasteiger charge is -2.10. The van der Waals surface area contributed by atoms with Crippen molar-refractivity contribution in [1.29, 1.82) is 0 Å². The number of rotatable bonds is 5. The Morgan fingerprint density at radius 3 is 2.87 bits per heavy atom. The van der Waals surface area contributed by atoms with Gasteiger partial charge in [-0.05, 0) is 19.1 Å². The topological polar surface area (TPSA) is 51.5 Å². The molecule has 0 spiro atoms. The molecule has 15 heavy (non-hydrogen) atoms. The van der Waals surface area contributed by atoms with Crippen LogP contribution in [0.2, 0.25) is 0 Å². The van der Waals surface area contributed by atoms with E-state index in [-0.39, 0.29) is 11.9 Å². The zero-order valence-corrected chi connectivity index (χ0v) is 9.37. The fourth-order valence-electron chi connectivity index (χ4n) is 1.28. The van der Waals surface area contributed by atoms with Gasteiger partial charge in [-0.15, -0.1) is 0 Å². The van der Waals surface area contributed by atoms with E-state index in [1.807, 2.05) is 19.9 Å². The lowest BCUT2D eigenvalue weighted by atomic mass is 10.3. The molecule has 0 fully saturated rings. The Morgan fingerprint density at radius 1 is 1.60 bits per heavy atom. The molecule has 0 unspecified atom stereocenters. The van der Waals surface area contributed by atoms with E-state index in [0.717, 1.165) is 12.2 Å². The number of methoxy groups -OCH3 is 1. The molecule has 4 nitrogen and oxygen atoms in total. The lowest BCUT2D eigenvalue weighted by molar-refractivity contribution is 0.0876. The molecule has 1 N–H and O–H groups in total. The van der Waals surface area contributed by atoms with Gasteiger partial charge in [-0.25, -0.2) is 0 Å². The summed E-state index contributed by atoms with van der Waals surface area (Å²) in [5.41, 5.74) is 0. The number of amides is 1. The summed E-state index contributed by atoms with van der Waals surface area (Å²) in [6.45, 7) is 4.35. The first-order valence-corrected chi connectivity index (χ1v) is 5.05. The van der Waals surface area contributed by atoms with E-state index in [4.69, 9.17) is 9.15 Å². The minimum Gasteiger partial charge on any atom is -0.456 e. The number of carbonyl (C=O) groups excluding carboxylic acids is 1. The fourth-order valence-corrected chi connectivity index (χ4v) is 1.28. The molecule has 1 aromatic rings. The van der Waals surface area contributed by atoms with Crippen molar-refractivity contribution in [2.45, 2.75) is 26.3 Å². The van der Waals surface area contributed by atoms with Crippen LogP contribution in [-0.2, 0) is 11.2 Å². The standard InChI is InChI=1S/C11H17NO3/c1-4-9-5-6-10(15-9)11(13)12-8(2)7-14-3/h5-6,8H,4,7H2,1-3H3,(H,12,13)/t8-/m1/s1. The SMILES string of the molecule is CCc1ccc(C(=O)N[C@H](C)COC)o1. The first-order chi connectivity index (χ1) is 7.17. The molecule has 1 rings (SSSR count). The van der Waals surface area contributed by atoms with E-state index in [2.05, 4.69) is 5.32 Å². The summed E-state index contributed by atoms with van der Waals surface area (Å²) >= 11 is 0. The highest BCUT2D eigenvalue weighted by atomic mass is 16.5. The zero-order chi connectivity index (χ0) is 11.3. The van der Waals surface area contributed by atoms with Gasteiger partial charge in [-0.3, -0.25) is 4.79 Å². The first-order valence-electron chi connectivity index (χ1n) is 5.05. The van der Waals surface area contributed by atoms with Crippen LogP contribution >= 0.6 is 0 Å². The third-order valence-corrected chi connectivity index (χ3v) is 2.03. The maximum Gasteiger partial charge on any atom is 0.287 e. The van der Waals surface area contributed by atoms with Gasteiger partial charge in [0.1, 0.15) is 5.76 Å².